The van der Waals surface area contributed by atoms with Gasteiger partial charge in [-0.15, -0.1) is 0 Å². The number of carbonyl (C=O) groups is 2. The Labute approximate surface area is 207 Å². The number of aliphatic hydroxyl groups excluding tert-OH is 1. The number of likely N-dealkylation sites (tertiary alicyclic amines) is 1. The number of amides is 1. The molecule has 2 N–H and O–H groups in total. The third kappa shape index (κ3) is 4.81. The molecule has 1 aliphatic rings. The van der Waals surface area contributed by atoms with Gasteiger partial charge in [-0.1, -0.05) is 41.9 Å². The fraction of sp³-hybridized carbons (Fsp3) is 0.185. The van der Waals surface area contributed by atoms with Gasteiger partial charge in [-0.3, -0.25) is 9.59 Å². The first-order valence-electron chi connectivity index (χ1n) is 11.0. The molecule has 35 heavy (non-hydrogen) atoms. The van der Waals surface area contributed by atoms with E-state index in [4.69, 9.17) is 21.1 Å². The Bertz CT molecular complexity index is 1300. The zero-order valence-electron chi connectivity index (χ0n) is 19.2. The maximum atomic E-state index is 13.2. The first-order chi connectivity index (χ1) is 16.8. The van der Waals surface area contributed by atoms with Gasteiger partial charge in [-0.05, 0) is 54.4 Å². The summed E-state index contributed by atoms with van der Waals surface area (Å²) in [5.74, 6) is -1.10. The van der Waals surface area contributed by atoms with E-state index in [-0.39, 0.29) is 29.4 Å². The highest BCUT2D eigenvalue weighted by Crippen LogP contribution is 2.42. The van der Waals surface area contributed by atoms with Crippen molar-refractivity contribution in [1.29, 1.82) is 0 Å². The Balaban J connectivity index is 1.86. The van der Waals surface area contributed by atoms with Crippen molar-refractivity contribution in [2.75, 3.05) is 13.7 Å². The van der Waals surface area contributed by atoms with Gasteiger partial charge < -0.3 is 24.6 Å². The van der Waals surface area contributed by atoms with E-state index in [2.05, 4.69) is 0 Å². The summed E-state index contributed by atoms with van der Waals surface area (Å²) in [4.78, 5) is 27.8. The normalized spacial score (nSPS) is 17.0. The summed E-state index contributed by atoms with van der Waals surface area (Å²) in [6, 6.07) is 17.2. The van der Waals surface area contributed by atoms with Crippen molar-refractivity contribution in [1.82, 2.24) is 4.90 Å². The van der Waals surface area contributed by atoms with Crippen LogP contribution in [0.4, 0.5) is 0 Å². The second-order valence-corrected chi connectivity index (χ2v) is 8.38. The minimum Gasteiger partial charge on any atom is -0.507 e. The average molecular weight is 494 g/mol. The van der Waals surface area contributed by atoms with Gasteiger partial charge >= 0.3 is 0 Å². The second-order valence-electron chi connectivity index (χ2n) is 7.95. The molecule has 8 heteroatoms. The number of ether oxygens (including phenoxy) is 2. The molecule has 0 bridgehead atoms. The molecule has 1 atom stereocenters. The summed E-state index contributed by atoms with van der Waals surface area (Å²) < 4.78 is 10.7. The third-order valence-corrected chi connectivity index (χ3v) is 5.98. The Hall–Kier alpha value is -3.97. The van der Waals surface area contributed by atoms with Gasteiger partial charge in [0.1, 0.15) is 11.5 Å². The highest BCUT2D eigenvalue weighted by Gasteiger charge is 2.46. The molecule has 0 aromatic heterocycles. The van der Waals surface area contributed by atoms with E-state index < -0.39 is 17.7 Å². The van der Waals surface area contributed by atoms with Crippen molar-refractivity contribution in [3.8, 4) is 17.2 Å². The Morgan fingerprint density at radius 3 is 2.46 bits per heavy atom. The van der Waals surface area contributed by atoms with E-state index in [1.165, 1.54) is 17.0 Å². The fourth-order valence-corrected chi connectivity index (χ4v) is 4.27. The molecule has 180 valence electrons. The highest BCUT2D eigenvalue weighted by molar-refractivity contribution is 6.46. The Morgan fingerprint density at radius 1 is 1.06 bits per heavy atom. The van der Waals surface area contributed by atoms with Gasteiger partial charge in [-0.2, -0.15) is 0 Å². The maximum Gasteiger partial charge on any atom is 0.295 e. The van der Waals surface area contributed by atoms with Crippen molar-refractivity contribution in [2.24, 2.45) is 0 Å². The summed E-state index contributed by atoms with van der Waals surface area (Å²) in [6.07, 6.45) is 0. The number of aliphatic hydroxyl groups is 1. The molecule has 1 fully saturated rings. The summed E-state index contributed by atoms with van der Waals surface area (Å²) >= 11 is 6.10. The number of benzene rings is 3. The van der Waals surface area contributed by atoms with Crippen LogP contribution in [0, 0.1) is 0 Å². The molecule has 0 spiro atoms. The quantitative estimate of drug-likeness (QED) is 0.271. The average Bonchev–Trinajstić information content (AvgIpc) is 3.10. The molecule has 4 rings (SSSR count). The summed E-state index contributed by atoms with van der Waals surface area (Å²) in [5, 5.41) is 21.7. The van der Waals surface area contributed by atoms with Gasteiger partial charge in [0.15, 0.2) is 11.5 Å². The number of hydrogen-bond donors (Lipinski definition) is 2. The number of hydrogen-bond acceptors (Lipinski definition) is 6. The lowest BCUT2D eigenvalue weighted by atomic mass is 9.95. The van der Waals surface area contributed by atoms with Gasteiger partial charge in [0.2, 0.25) is 0 Å². The number of phenolic OH excluding ortho intramolecular Hbond substituents is 1. The topological polar surface area (TPSA) is 96.3 Å². The van der Waals surface area contributed by atoms with Crippen LogP contribution in [0.25, 0.3) is 5.76 Å². The van der Waals surface area contributed by atoms with Crippen molar-refractivity contribution in [2.45, 2.75) is 19.5 Å². The zero-order valence-corrected chi connectivity index (χ0v) is 20.0. The van der Waals surface area contributed by atoms with Crippen molar-refractivity contribution >= 4 is 29.1 Å². The van der Waals surface area contributed by atoms with Gasteiger partial charge in [0.05, 0.1) is 25.3 Å². The largest absolute Gasteiger partial charge is 0.507 e. The first-order valence-corrected chi connectivity index (χ1v) is 11.3. The molecular weight excluding hydrogens is 470 g/mol. The molecular formula is C27H24ClNO6. The number of rotatable bonds is 7. The van der Waals surface area contributed by atoms with Gasteiger partial charge in [0.25, 0.3) is 11.7 Å². The van der Waals surface area contributed by atoms with Gasteiger partial charge in [0, 0.05) is 17.1 Å². The molecule has 0 aliphatic carbocycles. The highest BCUT2D eigenvalue weighted by atomic mass is 35.5. The number of Topliss-reactive ketones (excluding diaryl/α,β-unsaturated/α-hetero) is 1. The molecule has 7 nitrogen and oxygen atoms in total. The predicted molar refractivity (Wildman–Crippen MR) is 132 cm³/mol. The number of nitrogens with zero attached hydrogens (tertiary/aromatic N) is 1. The summed E-state index contributed by atoms with van der Waals surface area (Å²) in [5.41, 5.74) is 1.51. The monoisotopic (exact) mass is 493 g/mol. The molecule has 1 amide bonds. The van der Waals surface area contributed by atoms with Crippen LogP contribution < -0.4 is 9.47 Å². The number of halogens is 1. The number of aromatic hydroxyl groups is 1. The fourth-order valence-electron chi connectivity index (χ4n) is 4.08. The van der Waals surface area contributed by atoms with Crippen LogP contribution in [0.15, 0.2) is 72.3 Å². The van der Waals surface area contributed by atoms with Crippen LogP contribution in [0.5, 0.6) is 17.2 Å². The van der Waals surface area contributed by atoms with E-state index in [0.29, 0.717) is 28.5 Å². The number of ketones is 1. The van der Waals surface area contributed by atoms with Gasteiger partial charge in [-0.25, -0.2) is 0 Å². The van der Waals surface area contributed by atoms with Crippen LogP contribution in [0.3, 0.4) is 0 Å². The minimum absolute atomic E-state index is 0.0704. The Morgan fingerprint density at radius 2 is 1.80 bits per heavy atom. The summed E-state index contributed by atoms with van der Waals surface area (Å²) in [7, 11) is 1.56. The predicted octanol–water partition coefficient (Wildman–Crippen LogP) is 5.07. The lowest BCUT2D eigenvalue weighted by molar-refractivity contribution is -0.140. The second kappa shape index (κ2) is 10.1. The van der Waals surface area contributed by atoms with E-state index in [9.17, 15) is 19.8 Å². The van der Waals surface area contributed by atoms with Crippen molar-refractivity contribution in [3.05, 3.63) is 94.0 Å². The lowest BCUT2D eigenvalue weighted by Crippen LogP contribution is -2.29. The van der Waals surface area contributed by atoms with Crippen molar-refractivity contribution < 1.29 is 29.3 Å². The van der Waals surface area contributed by atoms with Crippen LogP contribution in [0.2, 0.25) is 5.02 Å². The molecule has 1 aliphatic heterocycles. The number of phenols is 1. The Kier molecular flexibility index (Phi) is 6.98. The molecule has 1 saturated heterocycles. The molecule has 0 saturated carbocycles. The summed E-state index contributed by atoms with van der Waals surface area (Å²) in [6.45, 7) is 2.20. The van der Waals surface area contributed by atoms with Crippen molar-refractivity contribution in [3.63, 3.8) is 0 Å². The van der Waals surface area contributed by atoms with E-state index in [1.807, 2.05) is 0 Å². The third-order valence-electron chi connectivity index (χ3n) is 5.75. The van der Waals surface area contributed by atoms with Crippen LogP contribution >= 0.6 is 11.6 Å². The van der Waals surface area contributed by atoms with Crippen LogP contribution in [-0.2, 0) is 16.1 Å². The zero-order chi connectivity index (χ0) is 25.1. The molecule has 1 heterocycles. The maximum absolute atomic E-state index is 13.2. The first kappa shape index (κ1) is 24.2. The van der Waals surface area contributed by atoms with E-state index in [1.54, 1.807) is 68.6 Å². The standard InChI is InChI=1S/C27H24ClNO6/c1-3-35-22-14-17(9-12-21(22)30)24-23(25(31)18-5-4-6-19(28)13-18)26(32)27(33)29(24)15-16-7-10-20(34-2)11-8-16/h4-14,24,30-31H,3,15H2,1-2H3/b25-23-. The lowest BCUT2D eigenvalue weighted by Gasteiger charge is -2.26. The smallest absolute Gasteiger partial charge is 0.295 e. The number of methoxy groups -OCH3 is 1. The molecule has 0 radical (unpaired) electrons. The van der Waals surface area contributed by atoms with E-state index in [0.717, 1.165) is 5.56 Å². The molecule has 3 aromatic carbocycles. The van der Waals surface area contributed by atoms with E-state index >= 15 is 0 Å². The molecule has 1 unspecified atom stereocenters. The minimum atomic E-state index is -0.920. The molecule has 3 aromatic rings. The van der Waals surface area contributed by atoms with Crippen LogP contribution in [0.1, 0.15) is 29.7 Å². The SMILES string of the molecule is CCOc1cc(C2/C(=C(/O)c3cccc(Cl)c3)C(=O)C(=O)N2Cc2ccc(OC)cc2)ccc1O. The van der Waals surface area contributed by atoms with Crippen LogP contribution in [-0.4, -0.2) is 40.5 Å². The number of carbonyl (C=O) groups excluding carboxylic acids is 2.